The Balaban J connectivity index is 2.13. The zero-order chi connectivity index (χ0) is 18.6. The molecular weight excluding hydrogens is 384 g/mol. The van der Waals surface area contributed by atoms with Crippen molar-refractivity contribution in [1.82, 2.24) is 4.98 Å². The van der Waals surface area contributed by atoms with Crippen LogP contribution in [-0.2, 0) is 6.18 Å². The van der Waals surface area contributed by atoms with Crippen molar-refractivity contribution in [3.05, 3.63) is 46.1 Å². The molecule has 2 aromatic rings. The topological polar surface area (TPSA) is 74.6 Å². The lowest BCUT2D eigenvalue weighted by atomic mass is 10.2. The van der Waals surface area contributed by atoms with Gasteiger partial charge in [0.1, 0.15) is 10.8 Å². The molecule has 1 unspecified atom stereocenters. The quantitative estimate of drug-likeness (QED) is 0.688. The smallest absolute Gasteiger partial charge is 0.417 e. The summed E-state index contributed by atoms with van der Waals surface area (Å²) in [6.45, 7) is -0.278. The second-order valence-corrected chi connectivity index (χ2v) is 5.79. The third-order valence-electron chi connectivity index (χ3n) is 3.03. The van der Waals surface area contributed by atoms with Gasteiger partial charge in [-0.2, -0.15) is 13.2 Å². The summed E-state index contributed by atoms with van der Waals surface area (Å²) >= 11 is 11.8. The number of nitrogens with one attached hydrogen (secondary N) is 1. The predicted octanol–water partition coefficient (Wildman–Crippen LogP) is 3.96. The number of anilines is 1. The Bertz CT molecular complexity index is 744. The molecule has 0 aliphatic heterocycles. The van der Waals surface area contributed by atoms with Crippen LogP contribution >= 0.6 is 23.2 Å². The summed E-state index contributed by atoms with van der Waals surface area (Å²) in [6.07, 6.45) is -4.87. The Hall–Kier alpha value is -1.74. The van der Waals surface area contributed by atoms with Crippen molar-refractivity contribution >= 4 is 28.9 Å². The monoisotopic (exact) mass is 396 g/mol. The molecule has 1 aromatic carbocycles. The fourth-order valence-corrected chi connectivity index (χ4v) is 2.18. The van der Waals surface area contributed by atoms with E-state index in [0.29, 0.717) is 18.0 Å². The summed E-state index contributed by atoms with van der Waals surface area (Å²) in [5.74, 6) is -0.0722. The van der Waals surface area contributed by atoms with Gasteiger partial charge in [-0.15, -0.1) is 0 Å². The van der Waals surface area contributed by atoms with Gasteiger partial charge in [-0.25, -0.2) is 4.98 Å². The van der Waals surface area contributed by atoms with Crippen molar-refractivity contribution < 1.29 is 28.1 Å². The maximum Gasteiger partial charge on any atom is 0.417 e. The number of pyridine rings is 1. The maximum absolute atomic E-state index is 12.6. The van der Waals surface area contributed by atoms with Crippen molar-refractivity contribution in [3.63, 3.8) is 0 Å². The number of alkyl halides is 3. The summed E-state index contributed by atoms with van der Waals surface area (Å²) in [4.78, 5) is 3.56. The number of hydrogen-bond donors (Lipinski definition) is 3. The summed E-state index contributed by atoms with van der Waals surface area (Å²) in [6, 6.07) is 5.23. The standard InChI is InChI=1S/C15H13Cl2F3N2O3/c16-11-4-9(21-6-10(24)7-23)1-2-13(11)25-14-12(17)3-8(5-22-14)15(18,19)20/h1-5,10,21,23-24H,6-7H2. The van der Waals surface area contributed by atoms with Gasteiger partial charge in [0.25, 0.3) is 0 Å². The second kappa shape index (κ2) is 8.09. The van der Waals surface area contributed by atoms with Crippen LogP contribution in [0.5, 0.6) is 11.6 Å². The molecule has 1 atom stereocenters. The van der Waals surface area contributed by atoms with Crippen molar-refractivity contribution in [3.8, 4) is 11.6 Å². The molecule has 0 bridgehead atoms. The molecule has 10 heteroatoms. The van der Waals surface area contributed by atoms with Gasteiger partial charge in [0, 0.05) is 18.4 Å². The van der Waals surface area contributed by atoms with E-state index in [4.69, 9.17) is 33.0 Å². The molecule has 0 aliphatic rings. The number of benzene rings is 1. The first-order chi connectivity index (χ1) is 11.7. The Morgan fingerprint density at radius 3 is 2.48 bits per heavy atom. The van der Waals surface area contributed by atoms with Crippen LogP contribution in [0.25, 0.3) is 0 Å². The van der Waals surface area contributed by atoms with E-state index < -0.39 is 17.8 Å². The van der Waals surface area contributed by atoms with Crippen molar-refractivity contribution in [2.45, 2.75) is 12.3 Å². The van der Waals surface area contributed by atoms with Crippen LogP contribution in [0, 0.1) is 0 Å². The lowest BCUT2D eigenvalue weighted by Gasteiger charge is -2.13. The lowest BCUT2D eigenvalue weighted by Crippen LogP contribution is -2.22. The average molecular weight is 397 g/mol. The first-order valence-corrected chi connectivity index (χ1v) is 7.69. The zero-order valence-electron chi connectivity index (χ0n) is 12.5. The van der Waals surface area contributed by atoms with Crippen LogP contribution in [0.3, 0.4) is 0 Å². The Morgan fingerprint density at radius 1 is 1.20 bits per heavy atom. The van der Waals surface area contributed by atoms with Gasteiger partial charge in [0.2, 0.25) is 5.88 Å². The first kappa shape index (κ1) is 19.6. The summed E-state index contributed by atoms with van der Waals surface area (Å²) in [5, 5.41) is 20.7. The Morgan fingerprint density at radius 2 is 1.92 bits per heavy atom. The molecule has 1 heterocycles. The van der Waals surface area contributed by atoms with Crippen LogP contribution in [-0.4, -0.2) is 34.5 Å². The van der Waals surface area contributed by atoms with Crippen LogP contribution in [0.1, 0.15) is 5.56 Å². The van der Waals surface area contributed by atoms with E-state index in [-0.39, 0.29) is 34.8 Å². The number of aliphatic hydroxyl groups is 2. The molecule has 0 amide bonds. The Kier molecular flexibility index (Phi) is 6.34. The van der Waals surface area contributed by atoms with Gasteiger partial charge in [-0.3, -0.25) is 0 Å². The summed E-state index contributed by atoms with van der Waals surface area (Å²) in [5.41, 5.74) is -0.436. The highest BCUT2D eigenvalue weighted by molar-refractivity contribution is 6.33. The molecule has 0 fully saturated rings. The molecule has 0 saturated carbocycles. The summed E-state index contributed by atoms with van der Waals surface area (Å²) < 4.78 is 43.1. The van der Waals surface area contributed by atoms with Gasteiger partial charge < -0.3 is 20.3 Å². The molecule has 0 saturated heterocycles. The fraction of sp³-hybridized carbons (Fsp3) is 0.267. The number of hydrogen-bond acceptors (Lipinski definition) is 5. The average Bonchev–Trinajstić information content (AvgIpc) is 2.55. The van der Waals surface area contributed by atoms with E-state index in [0.717, 1.165) is 0 Å². The van der Waals surface area contributed by atoms with E-state index in [2.05, 4.69) is 10.3 Å². The third kappa shape index (κ3) is 5.37. The zero-order valence-corrected chi connectivity index (χ0v) is 14.0. The fourth-order valence-electron chi connectivity index (χ4n) is 1.75. The first-order valence-electron chi connectivity index (χ1n) is 6.93. The van der Waals surface area contributed by atoms with Crippen LogP contribution in [0.2, 0.25) is 10.0 Å². The molecule has 0 radical (unpaired) electrons. The number of halogens is 5. The highest BCUT2D eigenvalue weighted by atomic mass is 35.5. The van der Waals surface area contributed by atoms with Gasteiger partial charge in [-0.1, -0.05) is 23.2 Å². The molecule has 136 valence electrons. The lowest BCUT2D eigenvalue weighted by molar-refractivity contribution is -0.137. The molecular formula is C15H13Cl2F3N2O3. The molecule has 25 heavy (non-hydrogen) atoms. The molecule has 0 aliphatic carbocycles. The van der Waals surface area contributed by atoms with E-state index in [1.165, 1.54) is 12.1 Å². The van der Waals surface area contributed by atoms with Crippen molar-refractivity contribution in [2.75, 3.05) is 18.5 Å². The van der Waals surface area contributed by atoms with E-state index in [9.17, 15) is 18.3 Å². The number of aromatic nitrogens is 1. The van der Waals surface area contributed by atoms with E-state index >= 15 is 0 Å². The highest BCUT2D eigenvalue weighted by Crippen LogP contribution is 2.37. The maximum atomic E-state index is 12.6. The number of nitrogens with zero attached hydrogens (tertiary/aromatic N) is 1. The molecule has 2 rings (SSSR count). The highest BCUT2D eigenvalue weighted by Gasteiger charge is 2.31. The second-order valence-electron chi connectivity index (χ2n) is 4.97. The van der Waals surface area contributed by atoms with Crippen molar-refractivity contribution in [1.29, 1.82) is 0 Å². The minimum absolute atomic E-state index is 0.110. The van der Waals surface area contributed by atoms with Crippen LogP contribution in [0.15, 0.2) is 30.5 Å². The summed E-state index contributed by atoms with van der Waals surface area (Å²) in [7, 11) is 0. The minimum atomic E-state index is -4.56. The molecule has 1 aromatic heterocycles. The Labute approximate surface area is 151 Å². The van der Waals surface area contributed by atoms with Crippen LogP contribution < -0.4 is 10.1 Å². The molecule has 0 spiro atoms. The van der Waals surface area contributed by atoms with Gasteiger partial charge in [0.15, 0.2) is 0 Å². The number of rotatable bonds is 6. The molecule has 5 nitrogen and oxygen atoms in total. The van der Waals surface area contributed by atoms with Crippen LogP contribution in [0.4, 0.5) is 18.9 Å². The van der Waals surface area contributed by atoms with Gasteiger partial charge >= 0.3 is 6.18 Å². The minimum Gasteiger partial charge on any atom is -0.436 e. The van der Waals surface area contributed by atoms with Gasteiger partial charge in [0.05, 0.1) is 23.3 Å². The van der Waals surface area contributed by atoms with E-state index in [1.54, 1.807) is 6.07 Å². The van der Waals surface area contributed by atoms with E-state index in [1.807, 2.05) is 0 Å². The largest absolute Gasteiger partial charge is 0.436 e. The predicted molar refractivity (Wildman–Crippen MR) is 87.4 cm³/mol. The number of aliphatic hydroxyl groups excluding tert-OH is 2. The normalized spacial score (nSPS) is 12.8. The number of ether oxygens (including phenoxy) is 1. The van der Waals surface area contributed by atoms with Crippen molar-refractivity contribution in [2.24, 2.45) is 0 Å². The molecule has 3 N–H and O–H groups in total. The van der Waals surface area contributed by atoms with Gasteiger partial charge in [-0.05, 0) is 24.3 Å². The SMILES string of the molecule is OCC(O)CNc1ccc(Oc2ncc(C(F)(F)F)cc2Cl)c(Cl)c1. The third-order valence-corrected chi connectivity index (χ3v) is 3.59.